The van der Waals surface area contributed by atoms with Crippen molar-refractivity contribution in [1.29, 1.82) is 0 Å². The second-order valence-corrected chi connectivity index (χ2v) is 6.82. The monoisotopic (exact) mass is 361 g/mol. The van der Waals surface area contributed by atoms with Gasteiger partial charge >= 0.3 is 6.09 Å². The molecule has 0 saturated carbocycles. The molecule has 2 aliphatic heterocycles. The number of nitrogens with zero attached hydrogens (tertiary/aromatic N) is 2. The molecule has 2 aliphatic rings. The van der Waals surface area contributed by atoms with E-state index >= 15 is 0 Å². The van der Waals surface area contributed by atoms with Crippen LogP contribution in [-0.2, 0) is 20.9 Å². The Kier molecular flexibility index (Phi) is 4.97. The first-order valence-electron chi connectivity index (χ1n) is 8.64. The highest BCUT2D eigenvalue weighted by Crippen LogP contribution is 2.39. The first-order chi connectivity index (χ1) is 12.4. The summed E-state index contributed by atoms with van der Waals surface area (Å²) in [5.41, 5.74) is 5.46. The van der Waals surface area contributed by atoms with Gasteiger partial charge in [0.15, 0.2) is 0 Å². The summed E-state index contributed by atoms with van der Waals surface area (Å²) in [6.45, 7) is 2.01. The van der Waals surface area contributed by atoms with Gasteiger partial charge in [0.1, 0.15) is 18.2 Å². The predicted molar refractivity (Wildman–Crippen MR) is 91.7 cm³/mol. The molecule has 2 saturated heterocycles. The van der Waals surface area contributed by atoms with Crippen LogP contribution in [0.25, 0.3) is 0 Å². The minimum absolute atomic E-state index is 0.0888. The lowest BCUT2D eigenvalue weighted by atomic mass is 9.85. The van der Waals surface area contributed by atoms with Gasteiger partial charge in [-0.3, -0.25) is 19.4 Å². The summed E-state index contributed by atoms with van der Waals surface area (Å²) in [4.78, 5) is 39.8. The van der Waals surface area contributed by atoms with Gasteiger partial charge in [-0.2, -0.15) is 0 Å². The zero-order chi connectivity index (χ0) is 18.9. The molecule has 8 nitrogen and oxygen atoms in total. The van der Waals surface area contributed by atoms with Crippen LogP contribution >= 0.6 is 0 Å². The largest absolute Gasteiger partial charge is 0.445 e. The van der Waals surface area contributed by atoms with Gasteiger partial charge in [0.25, 0.3) is 5.91 Å². The molecule has 26 heavy (non-hydrogen) atoms. The third-order valence-corrected chi connectivity index (χ3v) is 5.05. The van der Waals surface area contributed by atoms with Gasteiger partial charge in [0.2, 0.25) is 5.91 Å². The van der Waals surface area contributed by atoms with E-state index in [9.17, 15) is 19.5 Å². The summed E-state index contributed by atoms with van der Waals surface area (Å²) in [6, 6.07) is 8.11. The molecule has 3 atom stereocenters. The molecule has 0 bridgehead atoms. The quantitative estimate of drug-likeness (QED) is 0.743. The van der Waals surface area contributed by atoms with Crippen LogP contribution in [-0.4, -0.2) is 63.6 Å². The molecule has 1 aromatic rings. The van der Waals surface area contributed by atoms with Crippen molar-refractivity contribution in [2.24, 2.45) is 5.73 Å². The van der Waals surface area contributed by atoms with Crippen molar-refractivity contribution in [2.45, 2.75) is 44.1 Å². The number of ether oxygens (including phenoxy) is 1. The Morgan fingerprint density at radius 1 is 1.35 bits per heavy atom. The van der Waals surface area contributed by atoms with Crippen molar-refractivity contribution in [1.82, 2.24) is 9.80 Å². The Balaban J connectivity index is 1.64. The van der Waals surface area contributed by atoms with Gasteiger partial charge in [-0.1, -0.05) is 30.3 Å². The number of benzene rings is 1. The number of likely N-dealkylation sites (tertiary alicyclic amines) is 2. The van der Waals surface area contributed by atoms with E-state index in [0.29, 0.717) is 19.4 Å². The first kappa shape index (κ1) is 18.3. The van der Waals surface area contributed by atoms with Gasteiger partial charge < -0.3 is 15.6 Å². The van der Waals surface area contributed by atoms with E-state index in [1.165, 1.54) is 11.8 Å². The fraction of sp³-hybridized carbons (Fsp3) is 0.500. The number of carbonyl (C=O) groups is 3. The number of hydrogen-bond acceptors (Lipinski definition) is 6. The van der Waals surface area contributed by atoms with Gasteiger partial charge in [0, 0.05) is 6.54 Å². The number of rotatable bonds is 4. The van der Waals surface area contributed by atoms with Gasteiger partial charge in [-0.05, 0) is 25.3 Å². The van der Waals surface area contributed by atoms with Crippen LogP contribution in [0.15, 0.2) is 30.3 Å². The molecular weight excluding hydrogens is 338 g/mol. The summed E-state index contributed by atoms with van der Waals surface area (Å²) < 4.78 is 5.34. The van der Waals surface area contributed by atoms with Gasteiger partial charge in [-0.15, -0.1) is 0 Å². The Hall–Kier alpha value is -2.45. The molecule has 3 N–H and O–H groups in total. The zero-order valence-corrected chi connectivity index (χ0v) is 14.6. The van der Waals surface area contributed by atoms with E-state index in [1.54, 1.807) is 0 Å². The molecule has 0 aromatic heterocycles. The van der Waals surface area contributed by atoms with Crippen LogP contribution in [0.5, 0.6) is 0 Å². The zero-order valence-electron chi connectivity index (χ0n) is 14.6. The smallest absolute Gasteiger partial charge is 0.411 e. The summed E-state index contributed by atoms with van der Waals surface area (Å²) >= 11 is 0. The van der Waals surface area contributed by atoms with E-state index in [0.717, 1.165) is 10.5 Å². The van der Waals surface area contributed by atoms with Gasteiger partial charge in [-0.25, -0.2) is 4.79 Å². The summed E-state index contributed by atoms with van der Waals surface area (Å²) in [6.07, 6.45) is -0.467. The van der Waals surface area contributed by atoms with E-state index < -0.39 is 35.6 Å². The SMILES string of the molecule is CC(O)C(N)C(=O)N1CC2(CCCN2C(=O)OCc2ccccc2)C1=O. The molecule has 1 spiro atoms. The Morgan fingerprint density at radius 2 is 2.04 bits per heavy atom. The van der Waals surface area contributed by atoms with Crippen LogP contribution in [0.1, 0.15) is 25.3 Å². The second-order valence-electron chi connectivity index (χ2n) is 6.82. The lowest BCUT2D eigenvalue weighted by molar-refractivity contribution is -0.169. The van der Waals surface area contributed by atoms with Crippen molar-refractivity contribution in [3.8, 4) is 0 Å². The molecule has 0 aliphatic carbocycles. The molecule has 3 rings (SSSR count). The van der Waals surface area contributed by atoms with Crippen LogP contribution in [0.4, 0.5) is 4.79 Å². The average molecular weight is 361 g/mol. The van der Waals surface area contributed by atoms with Gasteiger partial charge in [0.05, 0.1) is 12.6 Å². The van der Waals surface area contributed by atoms with E-state index in [-0.39, 0.29) is 13.2 Å². The minimum atomic E-state index is -1.16. The van der Waals surface area contributed by atoms with E-state index in [1.807, 2.05) is 30.3 Å². The van der Waals surface area contributed by atoms with E-state index in [2.05, 4.69) is 0 Å². The topological polar surface area (TPSA) is 113 Å². The standard InChI is InChI=1S/C18H23N3O5/c1-12(22)14(19)15(23)20-11-18(16(20)24)8-5-9-21(18)17(25)26-10-13-6-3-2-4-7-13/h2-4,6-7,12,14,22H,5,8-11,19H2,1H3. The third-order valence-electron chi connectivity index (χ3n) is 5.05. The molecule has 8 heteroatoms. The van der Waals surface area contributed by atoms with Crippen LogP contribution < -0.4 is 5.73 Å². The number of carbonyl (C=O) groups excluding carboxylic acids is 3. The highest BCUT2D eigenvalue weighted by Gasteiger charge is 2.62. The van der Waals surface area contributed by atoms with Crippen molar-refractivity contribution < 1.29 is 24.2 Å². The van der Waals surface area contributed by atoms with E-state index in [4.69, 9.17) is 10.5 Å². The number of amides is 3. The molecule has 2 fully saturated rings. The van der Waals surface area contributed by atoms with Crippen molar-refractivity contribution in [3.63, 3.8) is 0 Å². The minimum Gasteiger partial charge on any atom is -0.445 e. The lowest BCUT2D eigenvalue weighted by Gasteiger charge is -2.49. The molecular formula is C18H23N3O5. The number of nitrogens with two attached hydrogens (primary N) is 1. The Morgan fingerprint density at radius 3 is 2.65 bits per heavy atom. The Labute approximate surface area is 151 Å². The van der Waals surface area contributed by atoms with Crippen LogP contribution in [0.3, 0.4) is 0 Å². The van der Waals surface area contributed by atoms with Crippen molar-refractivity contribution >= 4 is 17.9 Å². The molecule has 3 amide bonds. The van der Waals surface area contributed by atoms with Crippen LogP contribution in [0, 0.1) is 0 Å². The molecule has 0 radical (unpaired) electrons. The maximum atomic E-state index is 12.7. The molecule has 3 unspecified atom stereocenters. The first-order valence-corrected chi connectivity index (χ1v) is 8.64. The average Bonchev–Trinajstić information content (AvgIpc) is 3.10. The summed E-state index contributed by atoms with van der Waals surface area (Å²) in [7, 11) is 0. The summed E-state index contributed by atoms with van der Waals surface area (Å²) in [5, 5.41) is 9.45. The molecule has 1 aromatic carbocycles. The van der Waals surface area contributed by atoms with Crippen LogP contribution in [0.2, 0.25) is 0 Å². The lowest BCUT2D eigenvalue weighted by Crippen LogP contribution is -2.75. The maximum Gasteiger partial charge on any atom is 0.411 e. The number of aliphatic hydroxyl groups excluding tert-OH is 1. The number of aliphatic hydroxyl groups is 1. The third kappa shape index (κ3) is 3.06. The highest BCUT2D eigenvalue weighted by atomic mass is 16.6. The number of hydrogen-bond donors (Lipinski definition) is 2. The summed E-state index contributed by atoms with van der Waals surface area (Å²) in [5.74, 6) is -1.08. The fourth-order valence-corrected chi connectivity index (χ4v) is 3.45. The van der Waals surface area contributed by atoms with Crippen molar-refractivity contribution in [3.05, 3.63) is 35.9 Å². The highest BCUT2D eigenvalue weighted by molar-refractivity contribution is 6.08. The van der Waals surface area contributed by atoms with Crippen molar-refractivity contribution in [2.75, 3.05) is 13.1 Å². The number of β-lactam (4-membered cyclic amide) rings is 1. The normalized spacial score (nSPS) is 24.3. The molecule has 140 valence electrons. The molecule has 2 heterocycles. The maximum absolute atomic E-state index is 12.7. The second kappa shape index (κ2) is 7.05. The predicted octanol–water partition coefficient (Wildman–Crippen LogP) is 0.235. The Bertz CT molecular complexity index is 708. The number of imide groups is 1. The fourth-order valence-electron chi connectivity index (χ4n) is 3.45.